The van der Waals surface area contributed by atoms with Crippen molar-refractivity contribution < 1.29 is 4.92 Å². The number of hydrogen-bond donors (Lipinski definition) is 1. The molecule has 1 aromatic carbocycles. The number of benzene rings is 1. The predicted molar refractivity (Wildman–Crippen MR) is 73.9 cm³/mol. The van der Waals surface area contributed by atoms with Crippen LogP contribution in [0.1, 0.15) is 44.2 Å². The van der Waals surface area contributed by atoms with Crippen LogP contribution in [0.5, 0.6) is 0 Å². The Morgan fingerprint density at radius 2 is 1.89 bits per heavy atom. The molecule has 1 unspecified atom stereocenters. The molecule has 4 heteroatoms. The van der Waals surface area contributed by atoms with E-state index in [0.29, 0.717) is 6.04 Å². The van der Waals surface area contributed by atoms with E-state index in [1.807, 2.05) is 6.07 Å². The van der Waals surface area contributed by atoms with Crippen molar-refractivity contribution >= 4 is 5.69 Å². The Kier molecular flexibility index (Phi) is 3.27. The molecule has 102 valence electrons. The summed E-state index contributed by atoms with van der Waals surface area (Å²) in [5, 5.41) is 14.5. The summed E-state index contributed by atoms with van der Waals surface area (Å²) in [5.74, 6) is 1.68. The summed E-state index contributed by atoms with van der Waals surface area (Å²) in [6.45, 7) is 2.11. The van der Waals surface area contributed by atoms with Crippen molar-refractivity contribution in [1.29, 1.82) is 0 Å². The van der Waals surface area contributed by atoms with Crippen molar-refractivity contribution in [2.75, 3.05) is 0 Å². The van der Waals surface area contributed by atoms with Gasteiger partial charge in [0.1, 0.15) is 0 Å². The molecule has 0 heterocycles. The van der Waals surface area contributed by atoms with Crippen molar-refractivity contribution in [3.8, 4) is 0 Å². The van der Waals surface area contributed by atoms with E-state index in [-0.39, 0.29) is 16.7 Å². The minimum atomic E-state index is -0.324. The minimum Gasteiger partial charge on any atom is -0.307 e. The van der Waals surface area contributed by atoms with E-state index in [2.05, 4.69) is 12.2 Å². The van der Waals surface area contributed by atoms with E-state index in [9.17, 15) is 10.1 Å². The zero-order chi connectivity index (χ0) is 13.4. The van der Waals surface area contributed by atoms with Crippen molar-refractivity contribution in [1.82, 2.24) is 5.32 Å². The summed E-state index contributed by atoms with van der Waals surface area (Å²) >= 11 is 0. The van der Waals surface area contributed by atoms with Gasteiger partial charge in [-0.3, -0.25) is 10.1 Å². The van der Waals surface area contributed by atoms with Crippen molar-refractivity contribution in [3.05, 3.63) is 39.9 Å². The summed E-state index contributed by atoms with van der Waals surface area (Å²) in [6.07, 6.45) is 5.37. The maximum Gasteiger partial charge on any atom is 0.269 e. The number of rotatable bonds is 6. The van der Waals surface area contributed by atoms with E-state index in [1.54, 1.807) is 18.2 Å². The van der Waals surface area contributed by atoms with Crippen LogP contribution in [-0.4, -0.2) is 11.0 Å². The van der Waals surface area contributed by atoms with Gasteiger partial charge >= 0.3 is 0 Å². The highest BCUT2D eigenvalue weighted by atomic mass is 16.6. The number of hydrogen-bond acceptors (Lipinski definition) is 3. The number of nitrogens with one attached hydrogen (secondary N) is 1. The van der Waals surface area contributed by atoms with Gasteiger partial charge in [-0.05, 0) is 50.0 Å². The zero-order valence-corrected chi connectivity index (χ0v) is 11.2. The fourth-order valence-corrected chi connectivity index (χ4v) is 2.86. The summed E-state index contributed by atoms with van der Waals surface area (Å²) in [6, 6.07) is 7.79. The lowest BCUT2D eigenvalue weighted by molar-refractivity contribution is -0.384. The molecule has 19 heavy (non-hydrogen) atoms. The summed E-state index contributed by atoms with van der Waals surface area (Å²) in [7, 11) is 0. The molecule has 2 aliphatic carbocycles. The lowest BCUT2D eigenvalue weighted by Gasteiger charge is -2.23. The van der Waals surface area contributed by atoms with Crippen molar-refractivity contribution in [2.45, 2.75) is 44.7 Å². The molecule has 1 N–H and O–H groups in total. The van der Waals surface area contributed by atoms with E-state index in [0.717, 1.165) is 17.4 Å². The molecule has 0 aliphatic heterocycles. The third-order valence-electron chi connectivity index (χ3n) is 4.28. The standard InChI is InChI=1S/C15H20N2O2/c1-10(13-3-2-4-14(9-13)17(18)19)16-15(11-5-6-11)12-7-8-12/h2-4,9-12,15-16H,5-8H2,1H3. The molecular weight excluding hydrogens is 240 g/mol. The Hall–Kier alpha value is -1.42. The van der Waals surface area contributed by atoms with Gasteiger partial charge in [-0.15, -0.1) is 0 Å². The van der Waals surface area contributed by atoms with Gasteiger partial charge in [-0.2, -0.15) is 0 Å². The first-order valence-corrected chi connectivity index (χ1v) is 7.15. The van der Waals surface area contributed by atoms with Crippen LogP contribution in [-0.2, 0) is 0 Å². The van der Waals surface area contributed by atoms with Crippen molar-refractivity contribution in [3.63, 3.8) is 0 Å². The van der Waals surface area contributed by atoms with Crippen LogP contribution in [0.4, 0.5) is 5.69 Å². The van der Waals surface area contributed by atoms with Crippen LogP contribution < -0.4 is 5.32 Å². The van der Waals surface area contributed by atoms with E-state index < -0.39 is 0 Å². The zero-order valence-electron chi connectivity index (χ0n) is 11.2. The second-order valence-corrected chi connectivity index (χ2v) is 5.94. The minimum absolute atomic E-state index is 0.181. The van der Waals surface area contributed by atoms with E-state index >= 15 is 0 Å². The van der Waals surface area contributed by atoms with Crippen LogP contribution >= 0.6 is 0 Å². The number of non-ortho nitro benzene ring substituents is 1. The molecule has 2 saturated carbocycles. The quantitative estimate of drug-likeness (QED) is 0.629. The number of nitro groups is 1. The lowest BCUT2D eigenvalue weighted by Crippen LogP contribution is -2.35. The topological polar surface area (TPSA) is 55.2 Å². The largest absolute Gasteiger partial charge is 0.307 e. The van der Waals surface area contributed by atoms with Gasteiger partial charge in [-0.1, -0.05) is 12.1 Å². The molecule has 0 bridgehead atoms. The number of nitro benzene ring substituents is 1. The lowest BCUT2D eigenvalue weighted by atomic mass is 10.0. The Balaban J connectivity index is 1.70. The molecule has 0 radical (unpaired) electrons. The van der Waals surface area contributed by atoms with Crippen LogP contribution in [0.3, 0.4) is 0 Å². The molecule has 1 atom stereocenters. The third-order valence-corrected chi connectivity index (χ3v) is 4.28. The van der Waals surface area contributed by atoms with E-state index in [1.165, 1.54) is 25.7 Å². The van der Waals surface area contributed by atoms with Gasteiger partial charge in [0.25, 0.3) is 5.69 Å². The Bertz CT molecular complexity index is 469. The Morgan fingerprint density at radius 3 is 2.42 bits per heavy atom. The van der Waals surface area contributed by atoms with Gasteiger partial charge in [0.05, 0.1) is 4.92 Å². The summed E-state index contributed by atoms with van der Waals surface area (Å²) in [5.41, 5.74) is 1.20. The first-order chi connectivity index (χ1) is 9.15. The second-order valence-electron chi connectivity index (χ2n) is 5.94. The maximum atomic E-state index is 10.8. The van der Waals surface area contributed by atoms with Gasteiger partial charge in [-0.25, -0.2) is 0 Å². The molecular formula is C15H20N2O2. The first kappa shape index (κ1) is 12.6. The maximum absolute atomic E-state index is 10.8. The second kappa shape index (κ2) is 4.93. The highest BCUT2D eigenvalue weighted by molar-refractivity contribution is 5.35. The first-order valence-electron chi connectivity index (χ1n) is 7.15. The molecule has 0 saturated heterocycles. The fraction of sp³-hybridized carbons (Fsp3) is 0.600. The smallest absolute Gasteiger partial charge is 0.269 e. The SMILES string of the molecule is CC(NC(C1CC1)C1CC1)c1cccc([N+](=O)[O-])c1. The normalized spacial score (nSPS) is 20.5. The summed E-state index contributed by atoms with van der Waals surface area (Å²) in [4.78, 5) is 10.5. The monoisotopic (exact) mass is 260 g/mol. The van der Waals surface area contributed by atoms with Gasteiger partial charge in [0.2, 0.25) is 0 Å². The van der Waals surface area contributed by atoms with Crippen LogP contribution in [0, 0.1) is 22.0 Å². The summed E-state index contributed by atoms with van der Waals surface area (Å²) < 4.78 is 0. The average molecular weight is 260 g/mol. The van der Waals surface area contributed by atoms with E-state index in [4.69, 9.17) is 0 Å². The number of nitrogens with zero attached hydrogens (tertiary/aromatic N) is 1. The molecule has 0 spiro atoms. The van der Waals surface area contributed by atoms with Crippen molar-refractivity contribution in [2.24, 2.45) is 11.8 Å². The van der Waals surface area contributed by atoms with Crippen LogP contribution in [0.2, 0.25) is 0 Å². The Labute approximate surface area is 113 Å². The van der Waals surface area contributed by atoms with Crippen LogP contribution in [0.15, 0.2) is 24.3 Å². The molecule has 3 rings (SSSR count). The highest BCUT2D eigenvalue weighted by Gasteiger charge is 2.41. The molecule has 2 fully saturated rings. The third kappa shape index (κ3) is 2.95. The molecule has 4 nitrogen and oxygen atoms in total. The molecule has 0 aromatic heterocycles. The fourth-order valence-electron chi connectivity index (χ4n) is 2.86. The van der Waals surface area contributed by atoms with Crippen LogP contribution in [0.25, 0.3) is 0 Å². The van der Waals surface area contributed by atoms with Gasteiger partial charge in [0.15, 0.2) is 0 Å². The van der Waals surface area contributed by atoms with Gasteiger partial charge in [0, 0.05) is 24.2 Å². The van der Waals surface area contributed by atoms with Gasteiger partial charge < -0.3 is 5.32 Å². The molecule has 1 aromatic rings. The molecule has 0 amide bonds. The average Bonchev–Trinajstić information content (AvgIpc) is 3.29. The highest BCUT2D eigenvalue weighted by Crippen LogP contribution is 2.45. The Morgan fingerprint density at radius 1 is 1.26 bits per heavy atom. The predicted octanol–water partition coefficient (Wildman–Crippen LogP) is 3.43. The molecule has 2 aliphatic rings.